The first-order valence-corrected chi connectivity index (χ1v) is 14.4. The molecule has 0 spiro atoms. The highest BCUT2D eigenvalue weighted by Crippen LogP contribution is 2.40. The zero-order chi connectivity index (χ0) is 27.6. The van der Waals surface area contributed by atoms with Gasteiger partial charge in [0.2, 0.25) is 0 Å². The SMILES string of the molecule is c1ccc(-n2ccc3cc(-c4ccc5c(c4)c4ccc6ccccc6c4n5-c4cccc5ccccc45)ccc32)cc1. The smallest absolute Gasteiger partial charge is 0.0619 e. The molecule has 0 aliphatic heterocycles. The summed E-state index contributed by atoms with van der Waals surface area (Å²) in [6.45, 7) is 0. The van der Waals surface area contributed by atoms with Crippen molar-refractivity contribution in [2.24, 2.45) is 0 Å². The first kappa shape index (κ1) is 23.1. The highest BCUT2D eigenvalue weighted by Gasteiger charge is 2.17. The van der Waals surface area contributed by atoms with Gasteiger partial charge in [0.1, 0.15) is 0 Å². The Morgan fingerprint density at radius 2 is 1.07 bits per heavy atom. The molecule has 2 heteroatoms. The van der Waals surface area contributed by atoms with Gasteiger partial charge in [-0.3, -0.25) is 0 Å². The second-order valence-electron chi connectivity index (χ2n) is 11.0. The fourth-order valence-electron chi connectivity index (χ4n) is 6.75. The van der Waals surface area contributed by atoms with E-state index in [0.29, 0.717) is 0 Å². The highest BCUT2D eigenvalue weighted by molar-refractivity contribution is 6.20. The van der Waals surface area contributed by atoms with E-state index in [9.17, 15) is 0 Å². The van der Waals surface area contributed by atoms with Crippen LogP contribution in [0.4, 0.5) is 0 Å². The van der Waals surface area contributed by atoms with Crippen LogP contribution in [0.5, 0.6) is 0 Å². The average Bonchev–Trinajstić information content (AvgIpc) is 3.63. The Kier molecular flexibility index (Phi) is 4.93. The molecule has 2 aromatic heterocycles. The number of rotatable bonds is 3. The van der Waals surface area contributed by atoms with Gasteiger partial charge in [-0.1, -0.05) is 103 Å². The molecule has 9 rings (SSSR count). The molecule has 0 atom stereocenters. The van der Waals surface area contributed by atoms with Crippen LogP contribution in [0.25, 0.3) is 76.8 Å². The summed E-state index contributed by atoms with van der Waals surface area (Å²) in [5, 5.41) is 8.80. The third kappa shape index (κ3) is 3.39. The van der Waals surface area contributed by atoms with Gasteiger partial charge in [0.15, 0.2) is 0 Å². The van der Waals surface area contributed by atoms with E-state index in [1.165, 1.54) is 76.8 Å². The van der Waals surface area contributed by atoms with E-state index in [-0.39, 0.29) is 0 Å². The summed E-state index contributed by atoms with van der Waals surface area (Å²) in [6.07, 6.45) is 2.16. The van der Waals surface area contributed by atoms with Gasteiger partial charge in [-0.25, -0.2) is 0 Å². The van der Waals surface area contributed by atoms with Crippen molar-refractivity contribution in [3.05, 3.63) is 158 Å². The molecule has 0 saturated carbocycles. The van der Waals surface area contributed by atoms with Crippen LogP contribution in [-0.2, 0) is 0 Å². The third-order valence-electron chi connectivity index (χ3n) is 8.72. The van der Waals surface area contributed by atoms with E-state index < -0.39 is 0 Å². The van der Waals surface area contributed by atoms with Crippen molar-refractivity contribution in [2.75, 3.05) is 0 Å². The molecule has 42 heavy (non-hydrogen) atoms. The molecule has 2 heterocycles. The maximum atomic E-state index is 2.47. The summed E-state index contributed by atoms with van der Waals surface area (Å²) in [7, 11) is 0. The van der Waals surface area contributed by atoms with Gasteiger partial charge in [-0.15, -0.1) is 0 Å². The van der Waals surface area contributed by atoms with Crippen LogP contribution in [-0.4, -0.2) is 9.13 Å². The molecule has 0 aliphatic carbocycles. The maximum absolute atomic E-state index is 2.47. The molecule has 0 saturated heterocycles. The van der Waals surface area contributed by atoms with E-state index in [4.69, 9.17) is 0 Å². The maximum Gasteiger partial charge on any atom is 0.0619 e. The molecule has 0 N–H and O–H groups in total. The summed E-state index contributed by atoms with van der Waals surface area (Å²) < 4.78 is 4.73. The Hall–Kier alpha value is -5.60. The second kappa shape index (κ2) is 8.95. The zero-order valence-corrected chi connectivity index (χ0v) is 22.9. The summed E-state index contributed by atoms with van der Waals surface area (Å²) in [4.78, 5) is 0. The lowest BCUT2D eigenvalue weighted by molar-refractivity contribution is 1.13. The van der Waals surface area contributed by atoms with E-state index in [1.807, 2.05) is 0 Å². The van der Waals surface area contributed by atoms with Crippen molar-refractivity contribution >= 4 is 54.3 Å². The molecule has 0 radical (unpaired) electrons. The molecule has 0 bridgehead atoms. The first-order chi connectivity index (χ1) is 20.8. The quantitative estimate of drug-likeness (QED) is 0.213. The highest BCUT2D eigenvalue weighted by atomic mass is 15.0. The molecule has 0 unspecified atom stereocenters. The van der Waals surface area contributed by atoms with Crippen LogP contribution in [0.2, 0.25) is 0 Å². The van der Waals surface area contributed by atoms with Crippen LogP contribution in [0.1, 0.15) is 0 Å². The van der Waals surface area contributed by atoms with Gasteiger partial charge in [0.05, 0.1) is 22.2 Å². The minimum absolute atomic E-state index is 1.18. The van der Waals surface area contributed by atoms with Gasteiger partial charge in [0, 0.05) is 38.8 Å². The summed E-state index contributed by atoms with van der Waals surface area (Å²) in [5.74, 6) is 0. The standard InChI is InChI=1S/C40H26N2/c1-2-12-32(13-3-1)41-24-23-31-25-29(18-21-37(31)41)30-19-22-39-36(26-30)35-20-17-28-10-5-7-15-34(28)40(35)42(39)38-16-8-11-27-9-4-6-14-33(27)38/h1-26H. The minimum atomic E-state index is 1.18. The van der Waals surface area contributed by atoms with Crippen molar-refractivity contribution in [3.63, 3.8) is 0 Å². The summed E-state index contributed by atoms with van der Waals surface area (Å²) in [5.41, 5.74) is 8.52. The third-order valence-corrected chi connectivity index (χ3v) is 8.72. The number of para-hydroxylation sites is 1. The van der Waals surface area contributed by atoms with Crippen LogP contribution in [0.3, 0.4) is 0 Å². The van der Waals surface area contributed by atoms with Crippen LogP contribution in [0.15, 0.2) is 158 Å². The molecule has 0 amide bonds. The van der Waals surface area contributed by atoms with E-state index in [1.54, 1.807) is 0 Å². The zero-order valence-electron chi connectivity index (χ0n) is 22.9. The van der Waals surface area contributed by atoms with Gasteiger partial charge in [0.25, 0.3) is 0 Å². The lowest BCUT2D eigenvalue weighted by atomic mass is 10.0. The Morgan fingerprint density at radius 1 is 0.381 bits per heavy atom. The molecular weight excluding hydrogens is 508 g/mol. The van der Waals surface area contributed by atoms with Gasteiger partial charge in [-0.2, -0.15) is 0 Å². The van der Waals surface area contributed by atoms with Gasteiger partial charge < -0.3 is 9.13 Å². The molecule has 2 nitrogen and oxygen atoms in total. The van der Waals surface area contributed by atoms with Crippen molar-refractivity contribution in [1.82, 2.24) is 9.13 Å². The van der Waals surface area contributed by atoms with E-state index in [2.05, 4.69) is 167 Å². The lowest BCUT2D eigenvalue weighted by Crippen LogP contribution is -1.96. The average molecular weight is 535 g/mol. The van der Waals surface area contributed by atoms with Crippen molar-refractivity contribution in [2.45, 2.75) is 0 Å². The van der Waals surface area contributed by atoms with E-state index in [0.717, 1.165) is 0 Å². The minimum Gasteiger partial charge on any atom is -0.317 e. The first-order valence-electron chi connectivity index (χ1n) is 14.4. The number of benzene rings is 7. The normalized spacial score (nSPS) is 11.8. The van der Waals surface area contributed by atoms with E-state index >= 15 is 0 Å². The predicted molar refractivity (Wildman–Crippen MR) is 178 cm³/mol. The number of hydrogen-bond donors (Lipinski definition) is 0. The number of nitrogens with zero attached hydrogens (tertiary/aromatic N) is 2. The number of fused-ring (bicyclic) bond motifs is 7. The molecule has 9 aromatic rings. The molecule has 0 fully saturated rings. The number of hydrogen-bond acceptors (Lipinski definition) is 0. The van der Waals surface area contributed by atoms with Crippen LogP contribution < -0.4 is 0 Å². The van der Waals surface area contributed by atoms with Crippen LogP contribution in [0, 0.1) is 0 Å². The number of aromatic nitrogens is 2. The molecule has 7 aromatic carbocycles. The van der Waals surface area contributed by atoms with Crippen molar-refractivity contribution in [1.29, 1.82) is 0 Å². The lowest BCUT2D eigenvalue weighted by Gasteiger charge is -2.13. The topological polar surface area (TPSA) is 9.86 Å². The van der Waals surface area contributed by atoms with Gasteiger partial charge >= 0.3 is 0 Å². The largest absolute Gasteiger partial charge is 0.317 e. The molecule has 196 valence electrons. The summed E-state index contributed by atoms with van der Waals surface area (Å²) >= 11 is 0. The Labute approximate surface area is 243 Å². The van der Waals surface area contributed by atoms with Crippen molar-refractivity contribution < 1.29 is 0 Å². The Morgan fingerprint density at radius 3 is 1.93 bits per heavy atom. The summed E-state index contributed by atoms with van der Waals surface area (Å²) in [6, 6.07) is 55.1. The molecular formula is C40H26N2. The predicted octanol–water partition coefficient (Wildman–Crippen LogP) is 10.7. The Balaban J connectivity index is 1.30. The van der Waals surface area contributed by atoms with Gasteiger partial charge in [-0.05, 0) is 70.4 Å². The Bertz CT molecular complexity index is 2450. The second-order valence-corrected chi connectivity index (χ2v) is 11.0. The molecule has 0 aliphatic rings. The monoisotopic (exact) mass is 534 g/mol. The van der Waals surface area contributed by atoms with Crippen LogP contribution >= 0.6 is 0 Å². The fraction of sp³-hybridized carbons (Fsp3) is 0. The van der Waals surface area contributed by atoms with Crippen molar-refractivity contribution in [3.8, 4) is 22.5 Å². The fourth-order valence-corrected chi connectivity index (χ4v) is 6.75.